The highest BCUT2D eigenvalue weighted by Gasteiger charge is 2.40. The van der Waals surface area contributed by atoms with Crippen LogP contribution in [0.5, 0.6) is 0 Å². The number of rotatable bonds is 3. The Morgan fingerprint density at radius 2 is 2.19 bits per heavy atom. The van der Waals surface area contributed by atoms with Crippen LogP contribution >= 0.6 is 27.3 Å². The molecule has 0 unspecified atom stereocenters. The van der Waals surface area contributed by atoms with E-state index in [9.17, 15) is 9.90 Å². The molecule has 1 saturated carbocycles. The van der Waals surface area contributed by atoms with Crippen LogP contribution in [-0.2, 0) is 4.79 Å². The maximum Gasteiger partial charge on any atom is 0.329 e. The highest BCUT2D eigenvalue weighted by molar-refractivity contribution is 9.10. The molecule has 0 spiro atoms. The predicted molar refractivity (Wildman–Crippen MR) is 66.9 cm³/mol. The Hall–Kier alpha value is -0.620. The Bertz CT molecular complexity index is 388. The van der Waals surface area contributed by atoms with Gasteiger partial charge in [-0.05, 0) is 28.8 Å². The summed E-state index contributed by atoms with van der Waals surface area (Å²) in [4.78, 5) is 15.6. The van der Waals surface area contributed by atoms with Crippen molar-refractivity contribution in [2.75, 3.05) is 5.32 Å². The van der Waals surface area contributed by atoms with Gasteiger partial charge in [0.15, 0.2) is 5.13 Å². The maximum atomic E-state index is 11.4. The Labute approximate surface area is 106 Å². The topological polar surface area (TPSA) is 62.2 Å². The molecule has 0 atom stereocenters. The van der Waals surface area contributed by atoms with Crippen molar-refractivity contribution < 1.29 is 9.90 Å². The van der Waals surface area contributed by atoms with E-state index in [0.717, 1.165) is 23.9 Å². The van der Waals surface area contributed by atoms with Crippen LogP contribution in [0.3, 0.4) is 0 Å². The molecule has 1 aliphatic carbocycles. The predicted octanol–water partition coefficient (Wildman–Crippen LogP) is 3.11. The third-order valence-electron chi connectivity index (χ3n) is 2.94. The van der Waals surface area contributed by atoms with Crippen molar-refractivity contribution in [1.29, 1.82) is 0 Å². The van der Waals surface area contributed by atoms with Gasteiger partial charge < -0.3 is 10.4 Å². The second-order valence-corrected chi connectivity index (χ2v) is 5.72. The van der Waals surface area contributed by atoms with Gasteiger partial charge in [-0.15, -0.1) is 11.3 Å². The smallest absolute Gasteiger partial charge is 0.329 e. The average Bonchev–Trinajstić information content (AvgIpc) is 2.65. The summed E-state index contributed by atoms with van der Waals surface area (Å²) in [5.41, 5.74) is -0.810. The minimum absolute atomic E-state index is 0.677. The van der Waals surface area contributed by atoms with E-state index in [1.54, 1.807) is 0 Å². The fraction of sp³-hybridized carbons (Fsp3) is 0.600. The van der Waals surface area contributed by atoms with Crippen molar-refractivity contribution in [3.8, 4) is 0 Å². The first-order chi connectivity index (χ1) is 7.62. The second-order valence-electron chi connectivity index (χ2n) is 4.05. The van der Waals surface area contributed by atoms with Crippen molar-refractivity contribution in [3.05, 3.63) is 9.98 Å². The summed E-state index contributed by atoms with van der Waals surface area (Å²) in [5.74, 6) is -0.765. The lowest BCUT2D eigenvalue weighted by Gasteiger charge is -2.33. The van der Waals surface area contributed by atoms with Crippen LogP contribution in [0.25, 0.3) is 0 Å². The highest BCUT2D eigenvalue weighted by Crippen LogP contribution is 2.33. The van der Waals surface area contributed by atoms with Crippen LogP contribution in [0.1, 0.15) is 32.1 Å². The third-order valence-corrected chi connectivity index (χ3v) is 4.41. The number of thiazole rings is 1. The average molecular weight is 305 g/mol. The van der Waals surface area contributed by atoms with Crippen LogP contribution in [-0.4, -0.2) is 21.6 Å². The zero-order chi connectivity index (χ0) is 11.6. The number of halogens is 1. The van der Waals surface area contributed by atoms with Crippen LogP contribution in [0, 0.1) is 0 Å². The highest BCUT2D eigenvalue weighted by atomic mass is 79.9. The lowest BCUT2D eigenvalue weighted by molar-refractivity contribution is -0.143. The van der Waals surface area contributed by atoms with Gasteiger partial charge >= 0.3 is 5.97 Å². The molecule has 2 rings (SSSR count). The van der Waals surface area contributed by atoms with Crippen LogP contribution in [0.2, 0.25) is 0 Å². The zero-order valence-corrected chi connectivity index (χ0v) is 11.1. The summed E-state index contributed by atoms with van der Waals surface area (Å²) >= 11 is 4.69. The molecule has 4 nitrogen and oxygen atoms in total. The van der Waals surface area contributed by atoms with Gasteiger partial charge in [0, 0.05) is 5.38 Å². The zero-order valence-electron chi connectivity index (χ0n) is 8.70. The molecule has 0 bridgehead atoms. The molecule has 0 aliphatic heterocycles. The first kappa shape index (κ1) is 11.9. The van der Waals surface area contributed by atoms with E-state index in [0.29, 0.717) is 18.0 Å². The number of anilines is 1. The van der Waals surface area contributed by atoms with Crippen molar-refractivity contribution in [1.82, 2.24) is 4.98 Å². The number of hydrogen-bond donors (Lipinski definition) is 2. The fourth-order valence-electron chi connectivity index (χ4n) is 2.06. The number of carboxylic acid groups (broad SMARTS) is 1. The van der Waals surface area contributed by atoms with Crippen LogP contribution in [0.4, 0.5) is 5.13 Å². The first-order valence-corrected chi connectivity index (χ1v) is 6.92. The van der Waals surface area contributed by atoms with Crippen molar-refractivity contribution in [2.45, 2.75) is 37.6 Å². The van der Waals surface area contributed by atoms with Gasteiger partial charge in [0.1, 0.15) is 10.1 Å². The monoisotopic (exact) mass is 304 g/mol. The Kier molecular flexibility index (Phi) is 3.49. The van der Waals surface area contributed by atoms with Crippen molar-refractivity contribution >= 4 is 38.4 Å². The van der Waals surface area contributed by atoms with Gasteiger partial charge in [0.2, 0.25) is 0 Å². The van der Waals surface area contributed by atoms with E-state index in [1.807, 2.05) is 5.38 Å². The maximum absolute atomic E-state index is 11.4. The summed E-state index contributed by atoms with van der Waals surface area (Å²) in [6.07, 6.45) is 4.41. The number of aromatic nitrogens is 1. The molecule has 0 aromatic carbocycles. The number of nitrogens with zero attached hydrogens (tertiary/aromatic N) is 1. The molecule has 1 heterocycles. The summed E-state index contributed by atoms with van der Waals surface area (Å²) in [5, 5.41) is 15.0. The summed E-state index contributed by atoms with van der Waals surface area (Å²) in [6.45, 7) is 0. The van der Waals surface area contributed by atoms with Gasteiger partial charge in [-0.2, -0.15) is 0 Å². The van der Waals surface area contributed by atoms with Gasteiger partial charge in [-0.3, -0.25) is 0 Å². The van der Waals surface area contributed by atoms with Crippen LogP contribution in [0.15, 0.2) is 9.98 Å². The molecular weight excluding hydrogens is 292 g/mol. The molecule has 16 heavy (non-hydrogen) atoms. The molecule has 1 aliphatic rings. The number of carbonyl (C=O) groups is 1. The first-order valence-electron chi connectivity index (χ1n) is 5.25. The van der Waals surface area contributed by atoms with Gasteiger partial charge in [0.05, 0.1) is 0 Å². The summed E-state index contributed by atoms with van der Waals surface area (Å²) < 4.78 is 0.747. The number of hydrogen-bond acceptors (Lipinski definition) is 4. The largest absolute Gasteiger partial charge is 0.480 e. The van der Waals surface area contributed by atoms with Gasteiger partial charge in [-0.1, -0.05) is 19.3 Å². The number of carboxylic acids is 1. The third kappa shape index (κ3) is 2.38. The lowest BCUT2D eigenvalue weighted by atomic mass is 9.82. The molecule has 88 valence electrons. The molecular formula is C10H13BrN2O2S. The van der Waals surface area contributed by atoms with E-state index in [2.05, 4.69) is 26.2 Å². The Morgan fingerprint density at radius 3 is 2.69 bits per heavy atom. The molecule has 0 amide bonds. The van der Waals surface area contributed by atoms with E-state index >= 15 is 0 Å². The molecule has 1 fully saturated rings. The molecule has 0 radical (unpaired) electrons. The van der Waals surface area contributed by atoms with Crippen LogP contribution < -0.4 is 5.32 Å². The second kappa shape index (κ2) is 4.71. The molecule has 6 heteroatoms. The van der Waals surface area contributed by atoms with E-state index < -0.39 is 11.5 Å². The normalized spacial score (nSPS) is 19.3. The van der Waals surface area contributed by atoms with E-state index in [-0.39, 0.29) is 0 Å². The number of aliphatic carboxylic acids is 1. The molecule has 1 aromatic heterocycles. The van der Waals surface area contributed by atoms with Crippen molar-refractivity contribution in [3.63, 3.8) is 0 Å². The van der Waals surface area contributed by atoms with E-state index in [4.69, 9.17) is 0 Å². The number of nitrogens with one attached hydrogen (secondary N) is 1. The minimum atomic E-state index is -0.810. The quantitative estimate of drug-likeness (QED) is 0.901. The molecule has 2 N–H and O–H groups in total. The van der Waals surface area contributed by atoms with Gasteiger partial charge in [0.25, 0.3) is 0 Å². The van der Waals surface area contributed by atoms with E-state index in [1.165, 1.54) is 11.3 Å². The standard InChI is InChI=1S/C10H13BrN2O2S/c11-7-6-16-9(12-7)13-10(8(14)15)4-2-1-3-5-10/h6H,1-5H2,(H,12,13)(H,14,15). The minimum Gasteiger partial charge on any atom is -0.480 e. The Morgan fingerprint density at radius 1 is 1.50 bits per heavy atom. The fourth-order valence-corrected chi connectivity index (χ4v) is 3.31. The lowest BCUT2D eigenvalue weighted by Crippen LogP contribution is -2.47. The van der Waals surface area contributed by atoms with Gasteiger partial charge in [-0.25, -0.2) is 9.78 Å². The van der Waals surface area contributed by atoms with Crippen molar-refractivity contribution in [2.24, 2.45) is 0 Å². The SMILES string of the molecule is O=C(O)C1(Nc2nc(Br)cs2)CCCCC1. The summed E-state index contributed by atoms with van der Waals surface area (Å²) in [7, 11) is 0. The molecule has 0 saturated heterocycles. The Balaban J connectivity index is 2.16. The summed E-state index contributed by atoms with van der Waals surface area (Å²) in [6, 6.07) is 0. The molecule has 1 aromatic rings.